The van der Waals surface area contributed by atoms with Crippen LogP contribution in [0, 0.1) is 17.7 Å². The molecule has 1 aliphatic heterocycles. The Morgan fingerprint density at radius 1 is 1.38 bits per heavy atom. The van der Waals surface area contributed by atoms with E-state index in [0.717, 1.165) is 37.9 Å². The monoisotopic (exact) mass is 293 g/mol. The van der Waals surface area contributed by atoms with Gasteiger partial charge in [0.1, 0.15) is 5.82 Å². The second-order valence-corrected chi connectivity index (χ2v) is 6.10. The largest absolute Gasteiger partial charge is 0.396 e. The predicted molar refractivity (Wildman–Crippen MR) is 83.4 cm³/mol. The van der Waals surface area contributed by atoms with Gasteiger partial charge in [-0.2, -0.15) is 0 Å². The van der Waals surface area contributed by atoms with Crippen molar-refractivity contribution in [2.75, 3.05) is 30.7 Å². The summed E-state index contributed by atoms with van der Waals surface area (Å²) in [6, 6.07) is 4.22. The highest BCUT2D eigenvalue weighted by Gasteiger charge is 2.25. The van der Waals surface area contributed by atoms with Crippen molar-refractivity contribution >= 4 is 17.3 Å². The maximum Gasteiger partial charge on any atom is 0.224 e. The molecule has 1 fully saturated rings. The van der Waals surface area contributed by atoms with Crippen molar-refractivity contribution in [2.45, 2.75) is 26.7 Å². The first kappa shape index (κ1) is 15.8. The number of nitrogens with one attached hydrogen (secondary N) is 1. The molecule has 1 aromatic rings. The van der Waals surface area contributed by atoms with Crippen molar-refractivity contribution in [3.05, 3.63) is 24.0 Å². The van der Waals surface area contributed by atoms with Gasteiger partial charge in [-0.1, -0.05) is 13.8 Å². The summed E-state index contributed by atoms with van der Waals surface area (Å²) in [6.07, 6.45) is 1.30. The molecule has 0 spiro atoms. The van der Waals surface area contributed by atoms with E-state index < -0.39 is 5.82 Å². The quantitative estimate of drug-likeness (QED) is 0.821. The summed E-state index contributed by atoms with van der Waals surface area (Å²) in [7, 11) is 0. The molecule has 5 heteroatoms. The molecule has 0 bridgehead atoms. The number of hydrogen-bond acceptors (Lipinski definition) is 3. The van der Waals surface area contributed by atoms with Crippen molar-refractivity contribution < 1.29 is 9.18 Å². The van der Waals surface area contributed by atoms with Crippen molar-refractivity contribution in [2.24, 2.45) is 11.8 Å². The highest BCUT2D eigenvalue weighted by molar-refractivity contribution is 5.91. The number of hydrogen-bond donors (Lipinski definition) is 2. The average molecular weight is 293 g/mol. The number of nitrogens with two attached hydrogens (primary N) is 1. The molecular formula is C16H24FN3O. The van der Waals surface area contributed by atoms with Gasteiger partial charge >= 0.3 is 0 Å². The van der Waals surface area contributed by atoms with Gasteiger partial charge in [-0.05, 0) is 43.0 Å². The Balaban J connectivity index is 1.71. The number of likely N-dealkylation sites (tertiary alicyclic amines) is 1. The summed E-state index contributed by atoms with van der Waals surface area (Å²) in [4.78, 5) is 14.3. The minimum absolute atomic E-state index is 0.0489. The smallest absolute Gasteiger partial charge is 0.224 e. The van der Waals surface area contributed by atoms with Crippen LogP contribution in [-0.4, -0.2) is 30.4 Å². The first-order valence-electron chi connectivity index (χ1n) is 7.53. The van der Waals surface area contributed by atoms with Gasteiger partial charge in [0.15, 0.2) is 0 Å². The number of carbonyl (C=O) groups excluding carboxylic acids is 1. The van der Waals surface area contributed by atoms with Gasteiger partial charge in [0.2, 0.25) is 5.91 Å². The second kappa shape index (κ2) is 6.89. The fourth-order valence-electron chi connectivity index (χ4n) is 2.74. The number of benzene rings is 1. The lowest BCUT2D eigenvalue weighted by Crippen LogP contribution is -2.23. The molecule has 116 valence electrons. The van der Waals surface area contributed by atoms with Crippen molar-refractivity contribution in [3.63, 3.8) is 0 Å². The first-order valence-corrected chi connectivity index (χ1v) is 7.53. The fourth-order valence-corrected chi connectivity index (χ4v) is 2.74. The molecule has 21 heavy (non-hydrogen) atoms. The predicted octanol–water partition coefficient (Wildman–Crippen LogP) is 2.71. The number of carbonyl (C=O) groups is 1. The van der Waals surface area contributed by atoms with E-state index >= 15 is 0 Å². The van der Waals surface area contributed by atoms with Gasteiger partial charge in [-0.25, -0.2) is 4.39 Å². The van der Waals surface area contributed by atoms with Crippen molar-refractivity contribution in [1.82, 2.24) is 4.90 Å². The highest BCUT2D eigenvalue weighted by atomic mass is 19.1. The van der Waals surface area contributed by atoms with Crippen LogP contribution in [0.15, 0.2) is 18.2 Å². The van der Waals surface area contributed by atoms with Crippen LogP contribution in [0.2, 0.25) is 0 Å². The van der Waals surface area contributed by atoms with Crippen LogP contribution < -0.4 is 11.1 Å². The molecule has 0 radical (unpaired) electrons. The lowest BCUT2D eigenvalue weighted by molar-refractivity contribution is -0.116. The van der Waals surface area contributed by atoms with Crippen LogP contribution in [0.4, 0.5) is 15.8 Å². The molecule has 0 aliphatic carbocycles. The molecule has 1 heterocycles. The molecule has 0 aromatic heterocycles. The third-order valence-electron chi connectivity index (χ3n) is 4.22. The normalized spacial score (nSPS) is 22.4. The summed E-state index contributed by atoms with van der Waals surface area (Å²) in [5.41, 5.74) is 6.06. The van der Waals surface area contributed by atoms with E-state index in [2.05, 4.69) is 24.1 Å². The van der Waals surface area contributed by atoms with Gasteiger partial charge in [0.25, 0.3) is 0 Å². The number of nitrogen functional groups attached to an aromatic ring is 1. The van der Waals surface area contributed by atoms with Gasteiger partial charge in [-0.3, -0.25) is 4.79 Å². The standard InChI is InChI=1S/C16H24FN3O/c1-11-9-20(10-12(11)2)7-3-4-16(21)19-13-5-6-14(17)15(18)8-13/h5-6,8,11-12H,3-4,7,9-10,18H2,1-2H3,(H,19,21). The maximum absolute atomic E-state index is 13.0. The lowest BCUT2D eigenvalue weighted by Gasteiger charge is -2.14. The number of rotatable bonds is 5. The van der Waals surface area contributed by atoms with Crippen LogP contribution in [0.3, 0.4) is 0 Å². The van der Waals surface area contributed by atoms with Crippen LogP contribution in [-0.2, 0) is 4.79 Å². The Kier molecular flexibility index (Phi) is 5.17. The third kappa shape index (κ3) is 4.43. The SMILES string of the molecule is CC1CN(CCCC(=O)Nc2ccc(F)c(N)c2)CC1C. The Morgan fingerprint density at radius 2 is 2.05 bits per heavy atom. The lowest BCUT2D eigenvalue weighted by atomic mass is 10.0. The number of amides is 1. The molecule has 2 unspecified atom stereocenters. The van der Waals surface area contributed by atoms with Crippen LogP contribution in [0.1, 0.15) is 26.7 Å². The molecule has 1 aliphatic rings. The van der Waals surface area contributed by atoms with Gasteiger partial charge in [0, 0.05) is 25.2 Å². The summed E-state index contributed by atoms with van der Waals surface area (Å²) >= 11 is 0. The Labute approximate surface area is 125 Å². The van der Waals surface area contributed by atoms with Crippen molar-refractivity contribution in [1.29, 1.82) is 0 Å². The molecule has 1 aromatic carbocycles. The maximum atomic E-state index is 13.0. The van der Waals surface area contributed by atoms with E-state index in [1.165, 1.54) is 18.2 Å². The molecule has 0 saturated carbocycles. The Hall–Kier alpha value is -1.62. The summed E-state index contributed by atoms with van der Waals surface area (Å²) in [5.74, 6) is 0.952. The second-order valence-electron chi connectivity index (χ2n) is 6.10. The van der Waals surface area contributed by atoms with Crippen molar-refractivity contribution in [3.8, 4) is 0 Å². The van der Waals surface area contributed by atoms with Crippen LogP contribution in [0.5, 0.6) is 0 Å². The number of halogens is 1. The van der Waals surface area contributed by atoms with E-state index in [0.29, 0.717) is 12.1 Å². The molecule has 1 amide bonds. The van der Waals surface area contributed by atoms with E-state index in [9.17, 15) is 9.18 Å². The summed E-state index contributed by atoms with van der Waals surface area (Å²) in [5, 5.41) is 2.75. The highest BCUT2D eigenvalue weighted by Crippen LogP contribution is 2.22. The summed E-state index contributed by atoms with van der Waals surface area (Å²) in [6.45, 7) is 7.74. The molecule has 3 N–H and O–H groups in total. The zero-order valence-corrected chi connectivity index (χ0v) is 12.7. The zero-order chi connectivity index (χ0) is 15.4. The number of anilines is 2. The molecule has 2 rings (SSSR count). The Bertz CT molecular complexity index is 496. The minimum Gasteiger partial charge on any atom is -0.396 e. The van der Waals surface area contributed by atoms with Gasteiger partial charge in [-0.15, -0.1) is 0 Å². The molecular weight excluding hydrogens is 269 g/mol. The van der Waals surface area contributed by atoms with Crippen LogP contribution >= 0.6 is 0 Å². The van der Waals surface area contributed by atoms with E-state index in [-0.39, 0.29) is 11.6 Å². The molecule has 2 atom stereocenters. The van der Waals surface area contributed by atoms with Gasteiger partial charge < -0.3 is 16.0 Å². The topological polar surface area (TPSA) is 58.4 Å². The fraction of sp³-hybridized carbons (Fsp3) is 0.562. The first-order chi connectivity index (χ1) is 9.95. The van der Waals surface area contributed by atoms with E-state index in [1.54, 1.807) is 0 Å². The zero-order valence-electron chi connectivity index (χ0n) is 12.7. The van der Waals surface area contributed by atoms with Gasteiger partial charge in [0.05, 0.1) is 5.69 Å². The average Bonchev–Trinajstić information content (AvgIpc) is 2.73. The summed E-state index contributed by atoms with van der Waals surface area (Å²) < 4.78 is 13.0. The third-order valence-corrected chi connectivity index (χ3v) is 4.22. The number of nitrogens with zero attached hydrogens (tertiary/aromatic N) is 1. The van der Waals surface area contributed by atoms with Crippen LogP contribution in [0.25, 0.3) is 0 Å². The Morgan fingerprint density at radius 3 is 2.67 bits per heavy atom. The molecule has 4 nitrogen and oxygen atoms in total. The van der Waals surface area contributed by atoms with E-state index in [1.807, 2.05) is 0 Å². The van der Waals surface area contributed by atoms with E-state index in [4.69, 9.17) is 5.73 Å². The minimum atomic E-state index is -0.467. The molecule has 1 saturated heterocycles.